The van der Waals surface area contributed by atoms with Crippen LogP contribution >= 0.6 is 0 Å². The lowest BCUT2D eigenvalue weighted by Crippen LogP contribution is -2.44. The van der Waals surface area contributed by atoms with Crippen molar-refractivity contribution < 1.29 is 55.1 Å². The predicted octanol–water partition coefficient (Wildman–Crippen LogP) is 18.3. The van der Waals surface area contributed by atoms with Crippen LogP contribution in [0.2, 0.25) is 129 Å². The number of benzene rings is 4. The summed E-state index contributed by atoms with van der Waals surface area (Å²) in [6, 6.07) is 31.4. The smallest absolute Gasteiger partial charge is 0.173 e. The minimum atomic E-state index is -1.71. The molecule has 0 radical (unpaired) electrons. The average Bonchev–Trinajstić information content (AvgIpc) is 1.68. The molecule has 14 rings (SSSR count). The van der Waals surface area contributed by atoms with Crippen LogP contribution in [0.5, 0.6) is 11.5 Å². The molecule has 2 aromatic heterocycles. The summed E-state index contributed by atoms with van der Waals surface area (Å²) in [6.45, 7) is 47.1. The Morgan fingerprint density at radius 3 is 1.17 bits per heavy atom. The number of hydrogen-bond donors (Lipinski definition) is 2. The van der Waals surface area contributed by atoms with Gasteiger partial charge in [-0.05, 0) is 309 Å². The third-order valence-corrected chi connectivity index (χ3v) is 45.5. The molecule has 4 aliphatic heterocycles. The number of aromatic nitrogens is 6. The SMILES string of the molecule is C=CC1CCC2OC2C1.C=CCOCCc1ccc(O)c(-n2nc3ccccc3n2)c1.C[SiH](C)O[SiH](C)C.C[SiH](C)O[Si](C)(C)CCC1CCC2OC2C1.C[SiH](C)O[Si](C)(C)CCC1CCC2OC2C1.C[Si](C)(CCCOCCc1ccc(O)c(-n2nc3ccccc3n2)c1)O[Si](C)(C)CCC1CCC2OC2C1. The zero-order valence-electron chi connectivity index (χ0n) is 68.9. The van der Waals surface area contributed by atoms with Crippen molar-refractivity contribution in [3.05, 3.63) is 121 Å². The number of aromatic hydroxyl groups is 2. The van der Waals surface area contributed by atoms with Gasteiger partial charge in [-0.1, -0.05) is 67.8 Å². The summed E-state index contributed by atoms with van der Waals surface area (Å²) in [5, 5.41) is 38.2. The van der Waals surface area contributed by atoms with Gasteiger partial charge in [0.05, 0.1) is 68.7 Å². The summed E-state index contributed by atoms with van der Waals surface area (Å²) < 4.78 is 58.5. The van der Waals surface area contributed by atoms with Crippen LogP contribution in [0.4, 0.5) is 0 Å². The van der Waals surface area contributed by atoms with Crippen LogP contribution in [-0.4, -0.2) is 185 Å². The molecular weight excluding hydrogens is 1490 g/mol. The van der Waals surface area contributed by atoms with Crippen molar-refractivity contribution in [3.63, 3.8) is 0 Å². The van der Waals surface area contributed by atoms with Crippen LogP contribution in [0.1, 0.15) is 114 Å². The summed E-state index contributed by atoms with van der Waals surface area (Å²) in [5.41, 5.74) is 6.49. The highest BCUT2D eigenvalue weighted by atomic mass is 28.4. The number of nitrogens with zero attached hydrogens (tertiary/aromatic N) is 6. The molecule has 2 N–H and O–H groups in total. The number of allylic oxidation sites excluding steroid dienone is 1. The van der Waals surface area contributed by atoms with E-state index in [4.69, 9.17) is 44.9 Å². The second kappa shape index (κ2) is 41.9. The Morgan fingerprint density at radius 1 is 0.444 bits per heavy atom. The molecule has 108 heavy (non-hydrogen) atoms. The van der Waals surface area contributed by atoms with Crippen LogP contribution < -0.4 is 0 Å². The van der Waals surface area contributed by atoms with Crippen molar-refractivity contribution in [2.24, 2.45) is 23.7 Å². The van der Waals surface area contributed by atoms with Crippen molar-refractivity contribution in [3.8, 4) is 22.9 Å². The average molecular weight is 1620 g/mol. The summed E-state index contributed by atoms with van der Waals surface area (Å²) >= 11 is 0. The predicted molar refractivity (Wildman–Crippen MR) is 462 cm³/mol. The lowest BCUT2D eigenvalue weighted by atomic mass is 9.88. The lowest BCUT2D eigenvalue weighted by Gasteiger charge is -2.35. The maximum absolute atomic E-state index is 10.4. The molecule has 12 atom stereocenters. The van der Waals surface area contributed by atoms with Gasteiger partial charge in [-0.15, -0.1) is 43.1 Å². The van der Waals surface area contributed by atoms with E-state index in [1.54, 1.807) is 18.2 Å². The molecule has 6 aromatic rings. The molecule has 8 fully saturated rings. The molecule has 0 amide bonds. The first-order chi connectivity index (χ1) is 51.4. The quantitative estimate of drug-likeness (QED) is 0.0174. The number of phenols is 2. The molecule has 26 heteroatoms. The van der Waals surface area contributed by atoms with E-state index in [9.17, 15) is 10.2 Å². The number of phenolic OH excluding ortho intramolecular Hbond substituents is 2. The van der Waals surface area contributed by atoms with Crippen molar-refractivity contribution >= 4 is 91.5 Å². The van der Waals surface area contributed by atoms with Crippen molar-refractivity contribution in [1.82, 2.24) is 30.0 Å². The van der Waals surface area contributed by atoms with Crippen LogP contribution in [0.15, 0.2) is 110 Å². The number of hydrogen-bond acceptors (Lipinski definition) is 16. The van der Waals surface area contributed by atoms with Gasteiger partial charge in [0.2, 0.25) is 0 Å². The van der Waals surface area contributed by atoms with Crippen LogP contribution in [0.25, 0.3) is 33.4 Å². The van der Waals surface area contributed by atoms with Crippen molar-refractivity contribution in [1.29, 1.82) is 0 Å². The molecule has 4 saturated heterocycles. The molecule has 4 aliphatic carbocycles. The molecular formula is C82H138N6O12Si8. The minimum absolute atomic E-state index is 0.149. The van der Waals surface area contributed by atoms with Crippen molar-refractivity contribution in [2.45, 2.75) is 293 Å². The first-order valence-electron chi connectivity index (χ1n) is 41.4. The number of epoxide rings is 4. The Bertz CT molecular complexity index is 3590. The number of fused-ring (bicyclic) bond motifs is 6. The standard InChI is InChI=1S/C29H43N3O4Si2.C17H17N3O2.2C12H26O2Si2.C8H12O.C4H14OSi2/c1-37(2,36-38(3,4)19-15-23-11-13-28-29(21-23)35-28)18-7-16-34-17-14-22-10-12-27(33)26(20-22)32-30-24-8-5-6-9-25(24)31-32;1-2-10-22-11-9-13-7-8-17(21)16(12-13)20-18-14-5-3-4-6-15(14)19-20;2*1-15(2)14-16(3,4)8-7-10-5-6-11-12(9-10)13-11;1-2-6-3-4-7-8(5-6)9-7;1-6(2)5-7(3)4/h5-6,8-10,12,20,23,28-29,33H,7,11,13-19,21H2,1-4H3;2-8,12,21H,1,9-11H2;2*10-12,15H,5-9H2,1-4H3;2,6-8H,1,3-5H2;6-7H,1-4H3. The normalized spacial score (nSPS) is 24.6. The monoisotopic (exact) mass is 1620 g/mol. The van der Waals surface area contributed by atoms with E-state index in [2.05, 4.69) is 144 Å². The Hall–Kier alpha value is -3.90. The summed E-state index contributed by atoms with van der Waals surface area (Å²) in [4.78, 5) is 2.97. The van der Waals surface area contributed by atoms with Gasteiger partial charge in [0.1, 0.15) is 44.9 Å². The fourth-order valence-electron chi connectivity index (χ4n) is 16.3. The van der Waals surface area contributed by atoms with E-state index in [1.807, 2.05) is 72.8 Å². The Balaban J connectivity index is 0.000000163. The first-order valence-corrected chi connectivity index (χ1v) is 65.0. The fraction of sp³-hybridized carbons (Fsp3) is 0.659. The number of ether oxygens (including phenoxy) is 6. The topological polar surface area (TPSA) is 207 Å². The Morgan fingerprint density at radius 2 is 0.815 bits per heavy atom. The van der Waals surface area contributed by atoms with Gasteiger partial charge in [0.25, 0.3) is 0 Å². The van der Waals surface area contributed by atoms with Gasteiger partial charge >= 0.3 is 0 Å². The molecule has 18 nitrogen and oxygen atoms in total. The van der Waals surface area contributed by atoms with E-state index >= 15 is 0 Å². The largest absolute Gasteiger partial charge is 0.506 e. The molecule has 0 bridgehead atoms. The Kier molecular flexibility index (Phi) is 34.2. The van der Waals surface area contributed by atoms with Gasteiger partial charge < -0.3 is 55.1 Å². The Labute approximate surface area is 659 Å². The van der Waals surface area contributed by atoms with Gasteiger partial charge in [0.15, 0.2) is 69.4 Å². The third kappa shape index (κ3) is 30.8. The summed E-state index contributed by atoms with van der Waals surface area (Å²) in [7, 11) is -9.04. The van der Waals surface area contributed by atoms with Crippen LogP contribution in [0.3, 0.4) is 0 Å². The second-order valence-electron chi connectivity index (χ2n) is 35.2. The molecule has 12 unspecified atom stereocenters. The maximum Gasteiger partial charge on any atom is 0.173 e. The van der Waals surface area contributed by atoms with Gasteiger partial charge in [-0.3, -0.25) is 0 Å². The van der Waals surface area contributed by atoms with E-state index < -0.39 is 69.4 Å². The molecule has 6 heterocycles. The number of rotatable bonds is 32. The van der Waals surface area contributed by atoms with E-state index in [0.29, 0.717) is 80.0 Å². The second-order valence-corrected chi connectivity index (χ2v) is 63.5. The van der Waals surface area contributed by atoms with Crippen molar-refractivity contribution in [2.75, 3.05) is 26.4 Å². The molecule has 4 aromatic carbocycles. The first kappa shape index (κ1) is 88.1. The molecule has 600 valence electrons. The zero-order chi connectivity index (χ0) is 77.8. The summed E-state index contributed by atoms with van der Waals surface area (Å²) in [5.74, 6) is 3.75. The minimum Gasteiger partial charge on any atom is -0.506 e. The van der Waals surface area contributed by atoms with Gasteiger partial charge in [0, 0.05) is 6.61 Å². The molecule has 4 saturated carbocycles. The highest BCUT2D eigenvalue weighted by molar-refractivity contribution is 6.85. The fourth-order valence-corrected chi connectivity index (χ4v) is 42.9. The van der Waals surface area contributed by atoms with E-state index in [-0.39, 0.29) is 11.5 Å². The molecule has 0 spiro atoms. The summed E-state index contributed by atoms with van der Waals surface area (Å²) in [6.07, 6.45) is 31.2. The maximum atomic E-state index is 10.4. The van der Waals surface area contributed by atoms with Gasteiger partial charge in [-0.2, -0.15) is 0 Å². The highest BCUT2D eigenvalue weighted by Gasteiger charge is 2.47. The molecule has 8 aliphatic rings. The van der Waals surface area contributed by atoms with E-state index in [0.717, 1.165) is 88.8 Å². The third-order valence-electron chi connectivity index (χ3n) is 21.8. The van der Waals surface area contributed by atoms with Crippen LogP contribution in [0, 0.1) is 23.7 Å². The van der Waals surface area contributed by atoms with Gasteiger partial charge in [-0.25, -0.2) is 0 Å². The van der Waals surface area contributed by atoms with E-state index in [1.165, 1.54) is 124 Å². The lowest BCUT2D eigenvalue weighted by molar-refractivity contribution is 0.137. The highest BCUT2D eigenvalue weighted by Crippen LogP contribution is 2.45. The zero-order valence-corrected chi connectivity index (χ0v) is 77.6. The van der Waals surface area contributed by atoms with Crippen LogP contribution in [-0.2, 0) is 57.7 Å².